The Hall–Kier alpha value is -2.68. The lowest BCUT2D eigenvalue weighted by Gasteiger charge is -2.37. The van der Waals surface area contributed by atoms with Gasteiger partial charge in [0, 0.05) is 97.5 Å². The molecule has 0 spiro atoms. The molecule has 0 unspecified atom stereocenters. The van der Waals surface area contributed by atoms with Crippen LogP contribution in [0.3, 0.4) is 0 Å². The van der Waals surface area contributed by atoms with E-state index in [0.29, 0.717) is 29.0 Å². The fourth-order valence-corrected chi connectivity index (χ4v) is 7.20. The molecule has 4 heterocycles. The highest BCUT2D eigenvalue weighted by Crippen LogP contribution is 2.45. The van der Waals surface area contributed by atoms with Crippen LogP contribution in [0.2, 0.25) is 10.0 Å². The number of benzene rings is 1. The maximum Gasteiger partial charge on any atom is 0.128 e. The highest BCUT2D eigenvalue weighted by Gasteiger charge is 2.43. The zero-order valence-corrected chi connectivity index (χ0v) is 28.0. The number of rotatable bonds is 12. The van der Waals surface area contributed by atoms with Gasteiger partial charge in [0.25, 0.3) is 0 Å². The number of anilines is 1. The molecular formula is C36H46Cl2N6O. The minimum Gasteiger partial charge on any atom is -0.396 e. The molecule has 1 aliphatic carbocycles. The Balaban J connectivity index is 1.12. The number of piperazine rings is 1. The summed E-state index contributed by atoms with van der Waals surface area (Å²) >= 11 is 12.8. The maximum absolute atomic E-state index is 9.70. The summed E-state index contributed by atoms with van der Waals surface area (Å²) in [7, 11) is 0. The van der Waals surface area contributed by atoms with Crippen LogP contribution in [0.15, 0.2) is 60.9 Å². The highest BCUT2D eigenvalue weighted by molar-refractivity contribution is 6.35. The molecule has 0 radical (unpaired) electrons. The Labute approximate surface area is 278 Å². The molecule has 3 aromatic rings. The van der Waals surface area contributed by atoms with Crippen LogP contribution in [-0.2, 0) is 13.0 Å². The Morgan fingerprint density at radius 2 is 1.69 bits per heavy atom. The normalized spacial score (nSPS) is 19.1. The average molecular weight is 650 g/mol. The van der Waals surface area contributed by atoms with Crippen molar-refractivity contribution < 1.29 is 5.11 Å². The van der Waals surface area contributed by atoms with Crippen molar-refractivity contribution >= 4 is 29.0 Å². The van der Waals surface area contributed by atoms with Gasteiger partial charge in [0.05, 0.1) is 5.69 Å². The summed E-state index contributed by atoms with van der Waals surface area (Å²) in [6, 6.07) is 14.4. The largest absolute Gasteiger partial charge is 0.396 e. The fraction of sp³-hybridized carbons (Fsp3) is 0.500. The molecule has 3 fully saturated rings. The molecule has 6 rings (SSSR count). The molecule has 2 saturated heterocycles. The number of aliphatic hydroxyl groups is 1. The van der Waals surface area contributed by atoms with Crippen LogP contribution in [-0.4, -0.2) is 83.8 Å². The quantitative estimate of drug-likeness (QED) is 0.240. The first kappa shape index (κ1) is 32.3. The van der Waals surface area contributed by atoms with Crippen LogP contribution in [0.25, 0.3) is 11.3 Å². The van der Waals surface area contributed by atoms with Crippen molar-refractivity contribution in [3.63, 3.8) is 0 Å². The summed E-state index contributed by atoms with van der Waals surface area (Å²) in [5, 5.41) is 14.3. The Morgan fingerprint density at radius 1 is 0.956 bits per heavy atom. The predicted octanol–water partition coefficient (Wildman–Crippen LogP) is 6.27. The average Bonchev–Trinajstić information content (AvgIpc) is 3.81. The molecule has 0 bridgehead atoms. The molecular weight excluding hydrogens is 603 g/mol. The van der Waals surface area contributed by atoms with Crippen molar-refractivity contribution in [2.75, 3.05) is 63.9 Å². The van der Waals surface area contributed by atoms with Gasteiger partial charge >= 0.3 is 0 Å². The number of hydrogen-bond acceptors (Lipinski definition) is 7. The third-order valence-electron chi connectivity index (χ3n) is 9.64. The number of pyridine rings is 2. The lowest BCUT2D eigenvalue weighted by Crippen LogP contribution is -2.48. The molecule has 0 amide bonds. The van der Waals surface area contributed by atoms with Gasteiger partial charge in [0.15, 0.2) is 0 Å². The van der Waals surface area contributed by atoms with Gasteiger partial charge in [-0.3, -0.25) is 14.8 Å². The number of nitrogens with zero attached hydrogens (tertiary/aromatic N) is 5. The number of allylic oxidation sites excluding steroid dienone is 1. The van der Waals surface area contributed by atoms with Crippen LogP contribution in [0.4, 0.5) is 5.82 Å². The number of halogens is 2. The molecule has 2 N–H and O–H groups in total. The lowest BCUT2D eigenvalue weighted by atomic mass is 9.96. The number of aromatic nitrogens is 2. The van der Waals surface area contributed by atoms with Crippen LogP contribution in [0, 0.1) is 11.3 Å². The van der Waals surface area contributed by atoms with E-state index < -0.39 is 0 Å². The van der Waals surface area contributed by atoms with E-state index >= 15 is 0 Å². The SMILES string of the molecule is C=C(C)NCC1CCN(Cc2cc(Cc3ccc(N4CCN(CC5(CO)CC5)CC4)nc3)nc(-c3cc(Cl)cc(Cl)c3)c2)CC1. The van der Waals surface area contributed by atoms with E-state index in [2.05, 4.69) is 50.9 Å². The van der Waals surface area contributed by atoms with Gasteiger partial charge in [-0.15, -0.1) is 0 Å². The Morgan fingerprint density at radius 3 is 2.31 bits per heavy atom. The molecule has 7 nitrogen and oxygen atoms in total. The monoisotopic (exact) mass is 648 g/mol. The second kappa shape index (κ2) is 14.4. The second-order valence-corrected chi connectivity index (χ2v) is 14.4. The van der Waals surface area contributed by atoms with Crippen LogP contribution in [0.1, 0.15) is 49.4 Å². The topological polar surface area (TPSA) is 67.8 Å². The standard InChI is InChI=1S/C36H46Cl2N6O/c1-26(2)39-21-27-5-9-42(10-6-27)23-29-16-33(41-34(17-29)30-18-31(37)20-32(38)19-30)15-28-3-4-35(40-22-28)44-13-11-43(12-14-44)24-36(25-45)7-8-36/h3-4,16-20,22,27,39,45H,1,5-15,21,23-25H2,2H3. The van der Waals surface area contributed by atoms with Gasteiger partial charge in [-0.05, 0) is 99.1 Å². The summed E-state index contributed by atoms with van der Waals surface area (Å²) in [6.45, 7) is 15.4. The highest BCUT2D eigenvalue weighted by atomic mass is 35.5. The van der Waals surface area contributed by atoms with E-state index in [-0.39, 0.29) is 5.41 Å². The number of likely N-dealkylation sites (tertiary alicyclic amines) is 1. The molecule has 1 saturated carbocycles. The van der Waals surface area contributed by atoms with Crippen molar-refractivity contribution in [1.29, 1.82) is 0 Å². The minimum atomic E-state index is 0.172. The van der Waals surface area contributed by atoms with E-state index in [0.717, 1.165) is 106 Å². The van der Waals surface area contributed by atoms with Gasteiger partial charge in [-0.25, -0.2) is 4.98 Å². The van der Waals surface area contributed by atoms with E-state index in [1.807, 2.05) is 25.3 Å². The van der Waals surface area contributed by atoms with Gasteiger partial charge < -0.3 is 15.3 Å². The number of aliphatic hydroxyl groups excluding tert-OH is 1. The smallest absolute Gasteiger partial charge is 0.128 e. The van der Waals surface area contributed by atoms with Crippen LogP contribution >= 0.6 is 23.2 Å². The number of nitrogens with one attached hydrogen (secondary N) is 1. The molecule has 1 aromatic carbocycles. The summed E-state index contributed by atoms with van der Waals surface area (Å²) < 4.78 is 0. The molecule has 0 atom stereocenters. The van der Waals surface area contributed by atoms with E-state index in [9.17, 15) is 5.11 Å². The first-order valence-electron chi connectivity index (χ1n) is 16.4. The van der Waals surface area contributed by atoms with E-state index in [4.69, 9.17) is 33.2 Å². The zero-order valence-electron chi connectivity index (χ0n) is 26.4. The van der Waals surface area contributed by atoms with Crippen molar-refractivity contribution in [3.05, 3.63) is 87.8 Å². The predicted molar refractivity (Wildman–Crippen MR) is 185 cm³/mol. The van der Waals surface area contributed by atoms with Crippen molar-refractivity contribution in [3.8, 4) is 11.3 Å². The summed E-state index contributed by atoms with van der Waals surface area (Å²) in [6.07, 6.45) is 7.39. The van der Waals surface area contributed by atoms with Gasteiger partial charge in [-0.2, -0.15) is 0 Å². The summed E-state index contributed by atoms with van der Waals surface area (Å²) in [4.78, 5) is 17.4. The Kier molecular flexibility index (Phi) is 10.3. The van der Waals surface area contributed by atoms with Crippen molar-refractivity contribution in [1.82, 2.24) is 25.1 Å². The van der Waals surface area contributed by atoms with Gasteiger partial charge in [0.1, 0.15) is 5.82 Å². The second-order valence-electron chi connectivity index (χ2n) is 13.5. The molecule has 2 aliphatic heterocycles. The Bertz CT molecular complexity index is 1440. The third kappa shape index (κ3) is 8.78. The zero-order chi connectivity index (χ0) is 31.4. The molecule has 2 aromatic heterocycles. The van der Waals surface area contributed by atoms with Crippen LogP contribution < -0.4 is 10.2 Å². The first-order chi connectivity index (χ1) is 21.8. The van der Waals surface area contributed by atoms with Gasteiger partial charge in [-0.1, -0.05) is 35.8 Å². The third-order valence-corrected chi connectivity index (χ3v) is 10.1. The fourth-order valence-electron chi connectivity index (χ4n) is 6.68. The number of hydrogen-bond donors (Lipinski definition) is 2. The molecule has 240 valence electrons. The van der Waals surface area contributed by atoms with E-state index in [1.54, 1.807) is 6.07 Å². The molecule has 45 heavy (non-hydrogen) atoms. The first-order valence-corrected chi connectivity index (χ1v) is 17.1. The molecule has 3 aliphatic rings. The lowest BCUT2D eigenvalue weighted by molar-refractivity contribution is 0.143. The number of piperidine rings is 1. The summed E-state index contributed by atoms with van der Waals surface area (Å²) in [5.74, 6) is 1.72. The summed E-state index contributed by atoms with van der Waals surface area (Å²) in [5.41, 5.74) is 6.44. The van der Waals surface area contributed by atoms with Crippen molar-refractivity contribution in [2.24, 2.45) is 11.3 Å². The van der Waals surface area contributed by atoms with Crippen molar-refractivity contribution in [2.45, 2.75) is 45.6 Å². The van der Waals surface area contributed by atoms with Gasteiger partial charge in [0.2, 0.25) is 0 Å². The minimum absolute atomic E-state index is 0.172. The van der Waals surface area contributed by atoms with Crippen LogP contribution in [0.5, 0.6) is 0 Å². The molecule has 9 heteroatoms. The van der Waals surface area contributed by atoms with E-state index in [1.165, 1.54) is 18.4 Å². The maximum atomic E-state index is 9.70.